The molecule has 0 fully saturated rings. The van der Waals surface area contributed by atoms with E-state index in [-0.39, 0.29) is 17.7 Å². The summed E-state index contributed by atoms with van der Waals surface area (Å²) in [5, 5.41) is 10.8. The number of benzene rings is 2. The van der Waals surface area contributed by atoms with Gasteiger partial charge in [0.1, 0.15) is 0 Å². The number of methoxy groups -OCH3 is 1. The lowest BCUT2D eigenvalue weighted by atomic mass is 9.87. The summed E-state index contributed by atoms with van der Waals surface area (Å²) in [6.07, 6.45) is 0.732. The number of halogens is 1. The normalized spacial score (nSPS) is 16.8. The Labute approximate surface area is 140 Å². The molecule has 0 saturated heterocycles. The van der Waals surface area contributed by atoms with Gasteiger partial charge in [0.25, 0.3) is 0 Å². The van der Waals surface area contributed by atoms with Crippen LogP contribution in [0.15, 0.2) is 36.4 Å². The summed E-state index contributed by atoms with van der Waals surface area (Å²) < 4.78 is 5.19. The monoisotopic (exact) mass is 331 g/mol. The van der Waals surface area contributed by atoms with Crippen molar-refractivity contribution < 1.29 is 14.6 Å². The zero-order valence-electron chi connectivity index (χ0n) is 13.0. The second kappa shape index (κ2) is 6.13. The van der Waals surface area contributed by atoms with Crippen molar-refractivity contribution in [2.24, 2.45) is 0 Å². The van der Waals surface area contributed by atoms with Crippen molar-refractivity contribution >= 4 is 17.5 Å². The van der Waals surface area contributed by atoms with Gasteiger partial charge in [0.05, 0.1) is 13.2 Å². The van der Waals surface area contributed by atoms with Crippen molar-refractivity contribution in [3.05, 3.63) is 58.1 Å². The van der Waals surface area contributed by atoms with Gasteiger partial charge in [-0.05, 0) is 47.4 Å². The van der Waals surface area contributed by atoms with E-state index in [0.717, 1.165) is 23.1 Å². The SMILES string of the molecule is COc1cc2c(cc1O)C(c1ccc(Cl)cc1)N(C(C)=O)CC2. The van der Waals surface area contributed by atoms with E-state index < -0.39 is 0 Å². The predicted molar refractivity (Wildman–Crippen MR) is 89.0 cm³/mol. The Morgan fingerprint density at radius 3 is 2.61 bits per heavy atom. The quantitative estimate of drug-likeness (QED) is 0.915. The zero-order chi connectivity index (χ0) is 16.6. The lowest BCUT2D eigenvalue weighted by molar-refractivity contribution is -0.130. The number of rotatable bonds is 2. The molecule has 23 heavy (non-hydrogen) atoms. The van der Waals surface area contributed by atoms with Crippen LogP contribution < -0.4 is 4.74 Å². The first-order chi connectivity index (χ1) is 11.0. The molecule has 1 aliphatic rings. The second-order valence-electron chi connectivity index (χ2n) is 5.64. The number of aromatic hydroxyl groups is 1. The van der Waals surface area contributed by atoms with Crippen LogP contribution in [-0.4, -0.2) is 29.6 Å². The van der Waals surface area contributed by atoms with Crippen LogP contribution in [0.4, 0.5) is 0 Å². The molecular formula is C18H18ClNO3. The molecule has 0 aliphatic carbocycles. The summed E-state index contributed by atoms with van der Waals surface area (Å²) in [7, 11) is 1.53. The summed E-state index contributed by atoms with van der Waals surface area (Å²) in [5.74, 6) is 0.538. The number of phenolic OH excluding ortho intramolecular Hbond substituents is 1. The highest BCUT2D eigenvalue weighted by molar-refractivity contribution is 6.30. The van der Waals surface area contributed by atoms with Gasteiger partial charge in [-0.3, -0.25) is 4.79 Å². The van der Waals surface area contributed by atoms with Gasteiger partial charge in [-0.2, -0.15) is 0 Å². The number of hydrogen-bond acceptors (Lipinski definition) is 3. The molecule has 0 radical (unpaired) electrons. The largest absolute Gasteiger partial charge is 0.504 e. The standard InChI is InChI=1S/C18H18ClNO3/c1-11(21)20-8-7-13-9-17(23-2)16(22)10-15(13)18(20)12-3-5-14(19)6-4-12/h3-6,9-10,18,22H,7-8H2,1-2H3. The molecule has 1 unspecified atom stereocenters. The van der Waals surface area contributed by atoms with Gasteiger partial charge < -0.3 is 14.7 Å². The number of amides is 1. The van der Waals surface area contributed by atoms with E-state index in [1.54, 1.807) is 13.0 Å². The van der Waals surface area contributed by atoms with Crippen LogP contribution in [-0.2, 0) is 11.2 Å². The van der Waals surface area contributed by atoms with Crippen LogP contribution in [0.5, 0.6) is 11.5 Å². The number of ether oxygens (including phenoxy) is 1. The molecule has 1 N–H and O–H groups in total. The summed E-state index contributed by atoms with van der Waals surface area (Å²) in [5.41, 5.74) is 2.97. The minimum atomic E-state index is -0.231. The van der Waals surface area contributed by atoms with Crippen LogP contribution in [0.2, 0.25) is 5.02 Å². The molecule has 2 aromatic carbocycles. The maximum atomic E-state index is 12.1. The fourth-order valence-corrected chi connectivity index (χ4v) is 3.27. The number of carbonyl (C=O) groups is 1. The van der Waals surface area contributed by atoms with E-state index in [1.165, 1.54) is 7.11 Å². The van der Waals surface area contributed by atoms with Gasteiger partial charge in [0.15, 0.2) is 11.5 Å². The molecule has 1 aliphatic heterocycles. The summed E-state index contributed by atoms with van der Waals surface area (Å²) >= 11 is 5.98. The van der Waals surface area contributed by atoms with E-state index in [1.807, 2.05) is 35.2 Å². The summed E-state index contributed by atoms with van der Waals surface area (Å²) in [6, 6.07) is 10.8. The molecule has 4 nitrogen and oxygen atoms in total. The first-order valence-corrected chi connectivity index (χ1v) is 7.81. The van der Waals surface area contributed by atoms with Gasteiger partial charge in [-0.1, -0.05) is 23.7 Å². The highest BCUT2D eigenvalue weighted by atomic mass is 35.5. The Bertz CT molecular complexity index is 743. The maximum absolute atomic E-state index is 12.1. The van der Waals surface area contributed by atoms with Crippen LogP contribution >= 0.6 is 11.6 Å². The summed E-state index contributed by atoms with van der Waals surface area (Å²) in [4.78, 5) is 13.9. The Morgan fingerprint density at radius 2 is 2.00 bits per heavy atom. The van der Waals surface area contributed by atoms with Crippen LogP contribution in [0.25, 0.3) is 0 Å². The number of nitrogens with zero attached hydrogens (tertiary/aromatic N) is 1. The average molecular weight is 332 g/mol. The fraction of sp³-hybridized carbons (Fsp3) is 0.278. The highest BCUT2D eigenvalue weighted by Gasteiger charge is 2.31. The third-order valence-electron chi connectivity index (χ3n) is 4.26. The molecular weight excluding hydrogens is 314 g/mol. The molecule has 0 bridgehead atoms. The Kier molecular flexibility index (Phi) is 4.18. The van der Waals surface area contributed by atoms with E-state index >= 15 is 0 Å². The van der Waals surface area contributed by atoms with Crippen molar-refractivity contribution in [2.45, 2.75) is 19.4 Å². The fourth-order valence-electron chi connectivity index (χ4n) is 3.14. The van der Waals surface area contributed by atoms with E-state index in [0.29, 0.717) is 17.3 Å². The molecule has 1 heterocycles. The van der Waals surface area contributed by atoms with Crippen molar-refractivity contribution in [3.63, 3.8) is 0 Å². The van der Waals surface area contributed by atoms with Gasteiger partial charge in [0.2, 0.25) is 5.91 Å². The lowest BCUT2D eigenvalue weighted by Crippen LogP contribution is -2.39. The van der Waals surface area contributed by atoms with Gasteiger partial charge in [-0.15, -0.1) is 0 Å². The number of phenols is 1. The van der Waals surface area contributed by atoms with Crippen molar-refractivity contribution in [1.82, 2.24) is 4.90 Å². The molecule has 0 saturated carbocycles. The summed E-state index contributed by atoms with van der Waals surface area (Å²) in [6.45, 7) is 2.20. The number of carbonyl (C=O) groups excluding carboxylic acids is 1. The second-order valence-corrected chi connectivity index (χ2v) is 6.08. The third kappa shape index (κ3) is 2.86. The predicted octanol–water partition coefficient (Wildman–Crippen LogP) is 3.55. The average Bonchev–Trinajstić information content (AvgIpc) is 2.54. The molecule has 1 amide bonds. The van der Waals surface area contributed by atoms with Crippen molar-refractivity contribution in [2.75, 3.05) is 13.7 Å². The minimum absolute atomic E-state index is 0.00547. The lowest BCUT2D eigenvalue weighted by Gasteiger charge is -2.37. The maximum Gasteiger partial charge on any atom is 0.220 e. The Balaban J connectivity index is 2.15. The molecule has 0 aromatic heterocycles. The molecule has 3 rings (SSSR count). The molecule has 120 valence electrons. The Morgan fingerprint density at radius 1 is 1.30 bits per heavy atom. The minimum Gasteiger partial charge on any atom is -0.504 e. The first-order valence-electron chi connectivity index (χ1n) is 7.43. The van der Waals surface area contributed by atoms with Crippen LogP contribution in [0, 0.1) is 0 Å². The smallest absolute Gasteiger partial charge is 0.220 e. The van der Waals surface area contributed by atoms with Gasteiger partial charge in [-0.25, -0.2) is 0 Å². The van der Waals surface area contributed by atoms with Crippen LogP contribution in [0.1, 0.15) is 29.7 Å². The molecule has 2 aromatic rings. The number of hydrogen-bond donors (Lipinski definition) is 1. The van der Waals surface area contributed by atoms with Crippen molar-refractivity contribution in [1.29, 1.82) is 0 Å². The van der Waals surface area contributed by atoms with E-state index in [4.69, 9.17) is 16.3 Å². The molecule has 0 spiro atoms. The van der Waals surface area contributed by atoms with Crippen LogP contribution in [0.3, 0.4) is 0 Å². The molecule has 5 heteroatoms. The first kappa shape index (κ1) is 15.7. The number of fused-ring (bicyclic) bond motifs is 1. The van der Waals surface area contributed by atoms with Crippen molar-refractivity contribution in [3.8, 4) is 11.5 Å². The zero-order valence-corrected chi connectivity index (χ0v) is 13.8. The van der Waals surface area contributed by atoms with E-state index in [2.05, 4.69) is 0 Å². The third-order valence-corrected chi connectivity index (χ3v) is 4.51. The highest BCUT2D eigenvalue weighted by Crippen LogP contribution is 2.40. The molecule has 1 atom stereocenters. The van der Waals surface area contributed by atoms with E-state index in [9.17, 15) is 9.90 Å². The topological polar surface area (TPSA) is 49.8 Å². The van der Waals surface area contributed by atoms with Gasteiger partial charge >= 0.3 is 0 Å². The van der Waals surface area contributed by atoms with Gasteiger partial charge in [0, 0.05) is 18.5 Å². The Hall–Kier alpha value is -2.20.